The molecule has 2 fully saturated rings. The molecule has 5 rings (SSSR count). The van der Waals surface area contributed by atoms with Crippen molar-refractivity contribution in [2.24, 2.45) is 0 Å². The number of halogens is 4. The maximum atomic E-state index is 13.1. The lowest BCUT2D eigenvalue weighted by Crippen LogP contribution is -2.48. The number of benzene rings is 2. The van der Waals surface area contributed by atoms with Crippen LogP contribution in [0.3, 0.4) is 0 Å². The number of carbonyl (C=O) groups excluding carboxylic acids is 2. The second kappa shape index (κ2) is 11.4. The number of hydrogen-bond acceptors (Lipinski definition) is 6. The summed E-state index contributed by atoms with van der Waals surface area (Å²) in [5, 5.41) is 3.30. The molecule has 206 valence electrons. The maximum Gasteiger partial charge on any atom is 0.573 e. The molecule has 3 aromatic rings. The molecule has 0 radical (unpaired) electrons. The van der Waals surface area contributed by atoms with Crippen LogP contribution in [0.2, 0.25) is 5.02 Å². The van der Waals surface area contributed by atoms with E-state index in [1.54, 1.807) is 5.38 Å². The molecular weight excluding hydrogens is 553 g/mol. The molecule has 0 atom stereocenters. The third kappa shape index (κ3) is 6.47. The SMILES string of the molecule is O=C(c1csc(C2CCN(C(=O)c3ccccc3OC(F)(F)F)CC2)n1)N1CCN(c2cccc(Cl)c2)CC1. The molecule has 0 aliphatic carbocycles. The van der Waals surface area contributed by atoms with Gasteiger partial charge in [0, 0.05) is 61.3 Å². The average molecular weight is 579 g/mol. The fourth-order valence-electron chi connectivity index (χ4n) is 4.93. The number of para-hydroxylation sites is 1. The third-order valence-corrected chi connectivity index (χ3v) is 8.20. The standard InChI is InChI=1S/C27H26ClF3N4O3S/c28-19-4-3-5-20(16-19)33-12-14-35(15-13-33)26(37)22-17-39-24(32-22)18-8-10-34(11-9-18)25(36)21-6-1-2-7-23(21)38-27(29,30)31/h1-7,16-18H,8-15H2. The van der Waals surface area contributed by atoms with E-state index in [9.17, 15) is 22.8 Å². The first kappa shape index (κ1) is 27.3. The van der Waals surface area contributed by atoms with Gasteiger partial charge in [-0.25, -0.2) is 4.98 Å². The molecule has 12 heteroatoms. The number of aromatic nitrogens is 1. The minimum Gasteiger partial charge on any atom is -0.405 e. The number of anilines is 1. The van der Waals surface area contributed by atoms with Gasteiger partial charge in [0.05, 0.1) is 10.6 Å². The van der Waals surface area contributed by atoms with Crippen LogP contribution in [0.4, 0.5) is 18.9 Å². The van der Waals surface area contributed by atoms with E-state index >= 15 is 0 Å². The zero-order valence-corrected chi connectivity index (χ0v) is 22.4. The summed E-state index contributed by atoms with van der Waals surface area (Å²) in [4.78, 5) is 36.2. The van der Waals surface area contributed by atoms with E-state index in [0.29, 0.717) is 62.8 Å². The van der Waals surface area contributed by atoms with Crippen molar-refractivity contribution in [3.05, 3.63) is 75.2 Å². The van der Waals surface area contributed by atoms with Gasteiger partial charge < -0.3 is 19.4 Å². The summed E-state index contributed by atoms with van der Waals surface area (Å²) < 4.78 is 42.3. The number of carbonyl (C=O) groups is 2. The second-order valence-electron chi connectivity index (χ2n) is 9.44. The number of piperidine rings is 1. The predicted molar refractivity (Wildman–Crippen MR) is 143 cm³/mol. The Labute approximate surface area is 232 Å². The molecule has 39 heavy (non-hydrogen) atoms. The molecule has 0 bridgehead atoms. The second-order valence-corrected chi connectivity index (χ2v) is 10.8. The van der Waals surface area contributed by atoms with Crippen LogP contribution in [0.15, 0.2) is 53.9 Å². The van der Waals surface area contributed by atoms with E-state index in [0.717, 1.165) is 16.8 Å². The Morgan fingerprint density at radius 2 is 1.62 bits per heavy atom. The van der Waals surface area contributed by atoms with Gasteiger partial charge in [-0.15, -0.1) is 24.5 Å². The van der Waals surface area contributed by atoms with Gasteiger partial charge in [-0.2, -0.15) is 0 Å². The van der Waals surface area contributed by atoms with Crippen molar-refractivity contribution < 1.29 is 27.5 Å². The minimum absolute atomic E-state index is 0.0712. The lowest BCUT2D eigenvalue weighted by atomic mass is 9.97. The number of piperazine rings is 1. The molecule has 2 aromatic carbocycles. The highest BCUT2D eigenvalue weighted by Gasteiger charge is 2.34. The number of ether oxygens (including phenoxy) is 1. The Hall–Kier alpha value is -3.31. The highest BCUT2D eigenvalue weighted by atomic mass is 35.5. The number of hydrogen-bond donors (Lipinski definition) is 0. The highest BCUT2D eigenvalue weighted by molar-refractivity contribution is 7.09. The van der Waals surface area contributed by atoms with Crippen LogP contribution in [-0.4, -0.2) is 72.2 Å². The van der Waals surface area contributed by atoms with Crippen LogP contribution < -0.4 is 9.64 Å². The molecule has 0 saturated carbocycles. The van der Waals surface area contributed by atoms with Crippen molar-refractivity contribution in [1.29, 1.82) is 0 Å². The molecule has 7 nitrogen and oxygen atoms in total. The zero-order valence-electron chi connectivity index (χ0n) is 20.9. The number of amides is 2. The molecule has 0 N–H and O–H groups in total. The van der Waals surface area contributed by atoms with Crippen molar-refractivity contribution in [3.63, 3.8) is 0 Å². The number of thiazole rings is 1. The van der Waals surface area contributed by atoms with Gasteiger partial charge in [0.25, 0.3) is 11.8 Å². The Bertz CT molecular complexity index is 1340. The first-order valence-corrected chi connectivity index (χ1v) is 13.8. The first-order valence-electron chi connectivity index (χ1n) is 12.6. The van der Waals surface area contributed by atoms with E-state index in [1.807, 2.05) is 29.2 Å². The third-order valence-electron chi connectivity index (χ3n) is 6.96. The van der Waals surface area contributed by atoms with Crippen molar-refractivity contribution in [3.8, 4) is 5.75 Å². The molecule has 2 amide bonds. The maximum absolute atomic E-state index is 13.1. The summed E-state index contributed by atoms with van der Waals surface area (Å²) in [5.74, 6) is -1.03. The van der Waals surface area contributed by atoms with Crippen LogP contribution in [-0.2, 0) is 0 Å². The molecule has 2 saturated heterocycles. The van der Waals surface area contributed by atoms with E-state index in [1.165, 1.54) is 34.4 Å². The summed E-state index contributed by atoms with van der Waals surface area (Å²) in [6.45, 7) is 3.31. The lowest BCUT2D eigenvalue weighted by Gasteiger charge is -2.36. The van der Waals surface area contributed by atoms with Gasteiger partial charge in [0.2, 0.25) is 0 Å². The Morgan fingerprint density at radius 1 is 0.923 bits per heavy atom. The van der Waals surface area contributed by atoms with Crippen molar-refractivity contribution in [1.82, 2.24) is 14.8 Å². The summed E-state index contributed by atoms with van der Waals surface area (Å²) >= 11 is 7.54. The fraction of sp³-hybridized carbons (Fsp3) is 0.370. The Kier molecular flexibility index (Phi) is 7.99. The topological polar surface area (TPSA) is 66.0 Å². The summed E-state index contributed by atoms with van der Waals surface area (Å²) in [6, 6.07) is 13.0. The first-order chi connectivity index (χ1) is 18.7. The Balaban J connectivity index is 1.15. The van der Waals surface area contributed by atoms with Gasteiger partial charge in [0.1, 0.15) is 11.4 Å². The molecule has 0 unspecified atom stereocenters. The fourth-order valence-corrected chi connectivity index (χ4v) is 6.08. The molecule has 3 heterocycles. The number of nitrogens with zero attached hydrogens (tertiary/aromatic N) is 4. The lowest BCUT2D eigenvalue weighted by molar-refractivity contribution is -0.274. The summed E-state index contributed by atoms with van der Waals surface area (Å²) in [5.41, 5.74) is 1.33. The van der Waals surface area contributed by atoms with Crippen LogP contribution in [0.5, 0.6) is 5.75 Å². The quantitative estimate of drug-likeness (QED) is 0.390. The Morgan fingerprint density at radius 3 is 2.31 bits per heavy atom. The molecule has 2 aliphatic rings. The largest absolute Gasteiger partial charge is 0.573 e. The van der Waals surface area contributed by atoms with E-state index in [-0.39, 0.29) is 17.4 Å². The van der Waals surface area contributed by atoms with Gasteiger partial charge in [-0.1, -0.05) is 29.8 Å². The number of likely N-dealkylation sites (tertiary alicyclic amines) is 1. The predicted octanol–water partition coefficient (Wildman–Crippen LogP) is 5.68. The monoisotopic (exact) mass is 578 g/mol. The van der Waals surface area contributed by atoms with Crippen LogP contribution in [0.25, 0.3) is 0 Å². The van der Waals surface area contributed by atoms with Crippen LogP contribution in [0, 0.1) is 0 Å². The molecule has 1 aromatic heterocycles. The van der Waals surface area contributed by atoms with Crippen LogP contribution in [0.1, 0.15) is 44.6 Å². The van der Waals surface area contributed by atoms with Crippen molar-refractivity contribution >= 4 is 40.4 Å². The normalized spacial score (nSPS) is 16.9. The molecular formula is C27H26ClF3N4O3S. The van der Waals surface area contributed by atoms with Gasteiger partial charge >= 0.3 is 6.36 Å². The van der Waals surface area contributed by atoms with E-state index in [2.05, 4.69) is 14.6 Å². The minimum atomic E-state index is -4.88. The molecule has 2 aliphatic heterocycles. The van der Waals surface area contributed by atoms with Crippen LogP contribution >= 0.6 is 22.9 Å². The van der Waals surface area contributed by atoms with Crippen molar-refractivity contribution in [2.75, 3.05) is 44.2 Å². The van der Waals surface area contributed by atoms with Gasteiger partial charge in [-0.3, -0.25) is 9.59 Å². The number of alkyl halides is 3. The highest BCUT2D eigenvalue weighted by Crippen LogP contribution is 2.33. The summed E-state index contributed by atoms with van der Waals surface area (Å²) in [7, 11) is 0. The van der Waals surface area contributed by atoms with E-state index < -0.39 is 18.0 Å². The van der Waals surface area contributed by atoms with Crippen molar-refractivity contribution in [2.45, 2.75) is 25.1 Å². The molecule has 0 spiro atoms. The average Bonchev–Trinajstić information content (AvgIpc) is 3.42. The zero-order chi connectivity index (χ0) is 27.6. The number of rotatable bonds is 5. The van der Waals surface area contributed by atoms with Gasteiger partial charge in [0.15, 0.2) is 0 Å². The summed E-state index contributed by atoms with van der Waals surface area (Å²) in [6.07, 6.45) is -3.67. The van der Waals surface area contributed by atoms with Gasteiger partial charge in [-0.05, 0) is 43.2 Å². The smallest absolute Gasteiger partial charge is 0.405 e. The van der Waals surface area contributed by atoms with E-state index in [4.69, 9.17) is 11.6 Å².